The van der Waals surface area contributed by atoms with Crippen LogP contribution < -0.4 is 33.3 Å². The maximum absolute atomic E-state index is 13.3. The lowest BCUT2D eigenvalue weighted by Crippen LogP contribution is -2.46. The molecular formula is C36H40N10O7S. The number of aromatic amines is 2. The van der Waals surface area contributed by atoms with Crippen molar-refractivity contribution in [2.24, 2.45) is 5.73 Å². The van der Waals surface area contributed by atoms with Crippen LogP contribution >= 0.6 is 11.3 Å². The van der Waals surface area contributed by atoms with Gasteiger partial charge in [0, 0.05) is 74.3 Å². The zero-order valence-corrected chi connectivity index (χ0v) is 30.1. The first kappa shape index (κ1) is 36.8. The van der Waals surface area contributed by atoms with E-state index in [1.54, 1.807) is 29.8 Å². The van der Waals surface area contributed by atoms with Crippen molar-refractivity contribution in [1.29, 1.82) is 0 Å². The Kier molecular flexibility index (Phi) is 11.3. The summed E-state index contributed by atoms with van der Waals surface area (Å²) in [7, 11) is 0. The summed E-state index contributed by atoms with van der Waals surface area (Å²) in [6.07, 6.45) is 5.84. The number of benzene rings is 1. The molecule has 2 aliphatic heterocycles. The number of nitrogens with zero attached hydrogens (tertiary/aromatic N) is 5. The van der Waals surface area contributed by atoms with Crippen molar-refractivity contribution in [1.82, 2.24) is 40.0 Å². The molecule has 1 aromatic carbocycles. The first-order valence-electron chi connectivity index (χ1n) is 17.7. The second kappa shape index (κ2) is 16.6. The van der Waals surface area contributed by atoms with E-state index in [-0.39, 0.29) is 66.0 Å². The van der Waals surface area contributed by atoms with Crippen molar-refractivity contribution in [2.45, 2.75) is 43.8 Å². The number of ether oxygens (including phenoxy) is 1. The fourth-order valence-electron chi connectivity index (χ4n) is 6.88. The lowest BCUT2D eigenvalue weighted by Gasteiger charge is -2.32. The second-order valence-electron chi connectivity index (χ2n) is 13.3. The van der Waals surface area contributed by atoms with E-state index in [4.69, 9.17) is 10.5 Å². The first-order chi connectivity index (χ1) is 26.2. The van der Waals surface area contributed by atoms with Crippen molar-refractivity contribution in [3.05, 3.63) is 102 Å². The van der Waals surface area contributed by atoms with Crippen LogP contribution in [0.4, 0.5) is 5.95 Å². The van der Waals surface area contributed by atoms with E-state index >= 15 is 0 Å². The highest BCUT2D eigenvalue weighted by molar-refractivity contribution is 7.13. The summed E-state index contributed by atoms with van der Waals surface area (Å²) in [4.78, 5) is 86.0. The number of thiophene rings is 1. The van der Waals surface area contributed by atoms with Crippen LogP contribution in [0, 0.1) is 0 Å². The van der Waals surface area contributed by atoms with E-state index in [1.165, 1.54) is 23.1 Å². The van der Waals surface area contributed by atoms with Gasteiger partial charge in [0.1, 0.15) is 11.9 Å². The van der Waals surface area contributed by atoms with Gasteiger partial charge in [0.2, 0.25) is 11.9 Å². The SMILES string of the molecule is N[C@H]1C[C@@H](C(=O)NCCOCCNc2ncc(CN3CCCC(c4nc(=O)cc(-c5cccs5)[nH]4)C3)cn2)N(C(=O)c2ccc3c(=O)oc(=O)[nH]c3c2)C1. The zero-order chi connectivity index (χ0) is 37.6. The van der Waals surface area contributed by atoms with E-state index < -0.39 is 23.3 Å². The van der Waals surface area contributed by atoms with Crippen LogP contribution in [0.15, 0.2) is 73.0 Å². The van der Waals surface area contributed by atoms with E-state index in [0.29, 0.717) is 25.6 Å². The molecule has 0 aliphatic carbocycles. The minimum atomic E-state index is -0.927. The quantitative estimate of drug-likeness (QED) is 0.107. The van der Waals surface area contributed by atoms with E-state index in [0.717, 1.165) is 47.9 Å². The van der Waals surface area contributed by atoms with Crippen molar-refractivity contribution in [2.75, 3.05) is 51.3 Å². The monoisotopic (exact) mass is 756 g/mol. The number of H-pyrrole nitrogens is 2. The molecule has 2 saturated heterocycles. The minimum Gasteiger partial charge on any atom is -0.378 e. The third-order valence-corrected chi connectivity index (χ3v) is 10.3. The summed E-state index contributed by atoms with van der Waals surface area (Å²) in [5, 5.41) is 8.07. The molecule has 2 fully saturated rings. The molecule has 0 saturated carbocycles. The van der Waals surface area contributed by atoms with Crippen LogP contribution in [0.2, 0.25) is 0 Å². The van der Waals surface area contributed by atoms with Gasteiger partial charge in [-0.1, -0.05) is 6.07 Å². The van der Waals surface area contributed by atoms with E-state index in [9.17, 15) is 24.0 Å². The van der Waals surface area contributed by atoms with Crippen molar-refractivity contribution in [3.63, 3.8) is 0 Å². The average Bonchev–Trinajstić information content (AvgIpc) is 3.85. The zero-order valence-electron chi connectivity index (χ0n) is 29.3. The molecule has 18 heteroatoms. The highest BCUT2D eigenvalue weighted by Gasteiger charge is 2.38. The normalized spacial score (nSPS) is 18.9. The number of nitrogens with two attached hydrogens (primary N) is 1. The van der Waals surface area contributed by atoms with Crippen LogP contribution in [0.3, 0.4) is 0 Å². The Morgan fingerprint density at radius 3 is 2.70 bits per heavy atom. The Morgan fingerprint density at radius 2 is 1.89 bits per heavy atom. The standard InChI is InChI=1S/C36H40N10O7S/c37-24-14-28(46(20-24)33(49)22-5-6-25-26(13-22)43-36(51)53-34(25)50)32(48)38-7-10-52-11-8-39-35-40-16-21(17-41-35)18-45-9-1-3-23(19-45)31-42-27(15-30(47)44-31)29-4-2-12-54-29/h2,4-6,12-13,15-17,23-24,28H,1,3,7-11,14,18-20,37H2,(H,38,48)(H,43,51)(H,39,40,41)(H,42,44,47)/t23?,24-,28-/m0/s1. The van der Waals surface area contributed by atoms with E-state index in [1.807, 2.05) is 17.5 Å². The summed E-state index contributed by atoms with van der Waals surface area (Å²) < 4.78 is 10.2. The molecule has 3 atom stereocenters. The van der Waals surface area contributed by atoms with Gasteiger partial charge < -0.3 is 35.4 Å². The lowest BCUT2D eigenvalue weighted by atomic mass is 9.96. The Hall–Kier alpha value is -5.56. The van der Waals surface area contributed by atoms with Gasteiger partial charge in [-0.15, -0.1) is 11.3 Å². The average molecular weight is 757 g/mol. The van der Waals surface area contributed by atoms with Gasteiger partial charge in [-0.2, -0.15) is 4.98 Å². The summed E-state index contributed by atoms with van der Waals surface area (Å²) in [6.45, 7) is 3.86. The van der Waals surface area contributed by atoms with Crippen molar-refractivity contribution >= 4 is 40.0 Å². The maximum atomic E-state index is 13.3. The Labute approximate surface area is 312 Å². The van der Waals surface area contributed by atoms with Gasteiger partial charge in [0.25, 0.3) is 11.5 Å². The Morgan fingerprint density at radius 1 is 1.06 bits per heavy atom. The Bertz CT molecular complexity index is 2270. The highest BCUT2D eigenvalue weighted by atomic mass is 32.1. The van der Waals surface area contributed by atoms with Crippen LogP contribution in [0.25, 0.3) is 21.5 Å². The summed E-state index contributed by atoms with van der Waals surface area (Å²) in [5.74, 6) is -0.389. The number of hydrogen-bond donors (Lipinski definition) is 5. The van der Waals surface area contributed by atoms with Gasteiger partial charge in [0.05, 0.1) is 34.7 Å². The molecule has 17 nitrogen and oxygen atoms in total. The molecule has 6 heterocycles. The Balaban J connectivity index is 0.820. The number of carbonyl (C=O) groups excluding carboxylic acids is 2. The summed E-state index contributed by atoms with van der Waals surface area (Å²) in [6, 6.07) is 8.57. The van der Waals surface area contributed by atoms with E-state index in [2.05, 4.69) is 44.9 Å². The van der Waals surface area contributed by atoms with Crippen LogP contribution in [0.1, 0.15) is 46.9 Å². The highest BCUT2D eigenvalue weighted by Crippen LogP contribution is 2.28. The van der Waals surface area contributed by atoms with Gasteiger partial charge in [-0.05, 0) is 55.5 Å². The molecule has 0 bridgehead atoms. The smallest absolute Gasteiger partial charge is 0.378 e. The molecule has 7 rings (SSSR count). The largest absolute Gasteiger partial charge is 0.419 e. The number of carbonyl (C=O) groups is 2. The molecule has 54 heavy (non-hydrogen) atoms. The van der Waals surface area contributed by atoms with Gasteiger partial charge in [-0.25, -0.2) is 19.6 Å². The molecule has 0 spiro atoms. The van der Waals surface area contributed by atoms with Gasteiger partial charge in [0.15, 0.2) is 0 Å². The van der Waals surface area contributed by atoms with Crippen molar-refractivity contribution < 1.29 is 18.7 Å². The summed E-state index contributed by atoms with van der Waals surface area (Å²) >= 11 is 1.58. The molecular weight excluding hydrogens is 717 g/mol. The molecule has 0 radical (unpaired) electrons. The molecule has 1 unspecified atom stereocenters. The third-order valence-electron chi connectivity index (χ3n) is 9.43. The molecule has 6 N–H and O–H groups in total. The first-order valence-corrected chi connectivity index (χ1v) is 18.6. The van der Waals surface area contributed by atoms with Crippen molar-refractivity contribution in [3.8, 4) is 10.6 Å². The number of likely N-dealkylation sites (tertiary alicyclic amines) is 2. The molecule has 2 aliphatic rings. The maximum Gasteiger partial charge on any atom is 0.419 e. The number of nitrogens with one attached hydrogen (secondary N) is 4. The fraction of sp³-hybridized carbons (Fsp3) is 0.389. The van der Waals surface area contributed by atoms with Crippen LogP contribution in [0.5, 0.6) is 0 Å². The van der Waals surface area contributed by atoms with Gasteiger partial charge in [-0.3, -0.25) is 24.3 Å². The number of anilines is 1. The molecule has 282 valence electrons. The molecule has 5 aromatic rings. The second-order valence-corrected chi connectivity index (χ2v) is 14.3. The van der Waals surface area contributed by atoms with Crippen LogP contribution in [-0.4, -0.2) is 105 Å². The number of rotatable bonds is 13. The number of aromatic nitrogens is 5. The predicted octanol–water partition coefficient (Wildman–Crippen LogP) is 1.25. The fourth-order valence-corrected chi connectivity index (χ4v) is 7.58. The molecule has 4 aromatic heterocycles. The number of hydrogen-bond acceptors (Lipinski definition) is 14. The summed E-state index contributed by atoms with van der Waals surface area (Å²) in [5.41, 5.74) is 7.23. The van der Waals surface area contributed by atoms with Crippen LogP contribution in [-0.2, 0) is 16.1 Å². The number of fused-ring (bicyclic) bond motifs is 1. The minimum absolute atomic E-state index is 0.129. The molecule has 2 amide bonds. The number of piperidine rings is 1. The predicted molar refractivity (Wildman–Crippen MR) is 200 cm³/mol. The third kappa shape index (κ3) is 8.79. The van der Waals surface area contributed by atoms with Gasteiger partial charge >= 0.3 is 11.4 Å². The number of amides is 2. The lowest BCUT2D eigenvalue weighted by molar-refractivity contribution is -0.125. The topological polar surface area (TPSA) is 235 Å².